The first-order valence-corrected chi connectivity index (χ1v) is 8.10. The van der Waals surface area contributed by atoms with Crippen molar-refractivity contribution in [3.63, 3.8) is 0 Å². The van der Waals surface area contributed by atoms with E-state index in [9.17, 15) is 8.42 Å². The lowest BCUT2D eigenvalue weighted by atomic mass is 9.84. The molecule has 1 aliphatic rings. The third kappa shape index (κ3) is 3.91. The maximum absolute atomic E-state index is 12.3. The van der Waals surface area contributed by atoms with Gasteiger partial charge < -0.3 is 5.73 Å². The molecule has 0 amide bonds. The van der Waals surface area contributed by atoms with Gasteiger partial charge in [-0.2, -0.15) is 0 Å². The van der Waals surface area contributed by atoms with Gasteiger partial charge in [0.25, 0.3) is 10.0 Å². The second-order valence-corrected chi connectivity index (χ2v) is 6.72. The Morgan fingerprint density at radius 2 is 2.10 bits per heavy atom. The van der Waals surface area contributed by atoms with Gasteiger partial charge in [-0.15, -0.1) is 17.5 Å². The first-order valence-electron chi connectivity index (χ1n) is 6.61. The van der Waals surface area contributed by atoms with E-state index in [0.717, 1.165) is 25.7 Å². The van der Waals surface area contributed by atoms with Crippen molar-refractivity contribution in [1.82, 2.24) is 19.7 Å². The number of sulfonamides is 1. The van der Waals surface area contributed by atoms with E-state index in [1.807, 2.05) is 0 Å². The van der Waals surface area contributed by atoms with Gasteiger partial charge >= 0.3 is 0 Å². The monoisotopic (exact) mass is 323 g/mol. The van der Waals surface area contributed by atoms with E-state index < -0.39 is 10.0 Å². The number of rotatable bonds is 5. The first kappa shape index (κ1) is 17.4. The summed E-state index contributed by atoms with van der Waals surface area (Å²) in [7, 11) is -2.05. The van der Waals surface area contributed by atoms with Gasteiger partial charge in [0.2, 0.25) is 0 Å². The molecule has 9 heteroatoms. The van der Waals surface area contributed by atoms with Gasteiger partial charge in [0.1, 0.15) is 0 Å². The Hall–Kier alpha value is -0.700. The maximum atomic E-state index is 12.3. The number of nitrogens with two attached hydrogens (primary N) is 1. The van der Waals surface area contributed by atoms with Crippen molar-refractivity contribution in [2.75, 3.05) is 6.54 Å². The Balaban J connectivity index is 0.00000200. The highest BCUT2D eigenvalue weighted by molar-refractivity contribution is 7.89. The molecule has 1 unspecified atom stereocenters. The number of hydrogen-bond acceptors (Lipinski definition) is 5. The van der Waals surface area contributed by atoms with Crippen molar-refractivity contribution >= 4 is 22.4 Å². The minimum Gasteiger partial charge on any atom is -0.329 e. The van der Waals surface area contributed by atoms with Gasteiger partial charge in [0, 0.05) is 19.6 Å². The van der Waals surface area contributed by atoms with E-state index in [2.05, 4.69) is 15.0 Å². The molecule has 7 nitrogen and oxygen atoms in total. The number of nitrogens with one attached hydrogen (secondary N) is 1. The largest absolute Gasteiger partial charge is 0.329 e. The highest BCUT2D eigenvalue weighted by Crippen LogP contribution is 2.26. The summed E-state index contributed by atoms with van der Waals surface area (Å²) in [5, 5.41) is 7.31. The third-order valence-corrected chi connectivity index (χ3v) is 5.26. The molecule has 1 heterocycles. The molecule has 116 valence electrons. The van der Waals surface area contributed by atoms with Crippen molar-refractivity contribution in [1.29, 1.82) is 0 Å². The Morgan fingerprint density at radius 1 is 1.45 bits per heavy atom. The summed E-state index contributed by atoms with van der Waals surface area (Å²) in [5.74, 6) is 0.328. The molecular weight excluding hydrogens is 302 g/mol. The Morgan fingerprint density at radius 3 is 2.60 bits per heavy atom. The predicted molar refractivity (Wildman–Crippen MR) is 78.0 cm³/mol. The Kier molecular flexibility index (Phi) is 6.38. The van der Waals surface area contributed by atoms with E-state index in [1.165, 1.54) is 17.3 Å². The lowest BCUT2D eigenvalue weighted by Gasteiger charge is -2.29. The fourth-order valence-corrected chi connectivity index (χ4v) is 4.03. The molecule has 20 heavy (non-hydrogen) atoms. The molecule has 1 aliphatic carbocycles. The van der Waals surface area contributed by atoms with Crippen LogP contribution in [0.1, 0.15) is 32.1 Å². The van der Waals surface area contributed by atoms with Gasteiger partial charge in [-0.1, -0.05) is 24.5 Å². The molecule has 0 aliphatic heterocycles. The summed E-state index contributed by atoms with van der Waals surface area (Å²) in [6.45, 7) is 0.315. The molecule has 0 spiro atoms. The van der Waals surface area contributed by atoms with Gasteiger partial charge in [0.15, 0.2) is 5.03 Å². The zero-order valence-corrected chi connectivity index (χ0v) is 13.2. The highest BCUT2D eigenvalue weighted by Gasteiger charge is 2.28. The fraction of sp³-hybridized carbons (Fsp3) is 0.818. The van der Waals surface area contributed by atoms with Crippen LogP contribution >= 0.6 is 12.4 Å². The minimum atomic E-state index is -3.60. The molecule has 1 fully saturated rings. The van der Waals surface area contributed by atoms with E-state index >= 15 is 0 Å². The van der Waals surface area contributed by atoms with Crippen LogP contribution in [0.2, 0.25) is 0 Å². The lowest BCUT2D eigenvalue weighted by Crippen LogP contribution is -2.46. The first-order chi connectivity index (χ1) is 9.04. The van der Waals surface area contributed by atoms with Crippen LogP contribution in [0.15, 0.2) is 11.2 Å². The molecule has 0 aromatic carbocycles. The average Bonchev–Trinajstić information content (AvgIpc) is 2.84. The van der Waals surface area contributed by atoms with Crippen LogP contribution in [0.4, 0.5) is 0 Å². The van der Waals surface area contributed by atoms with Gasteiger partial charge in [-0.3, -0.25) is 0 Å². The van der Waals surface area contributed by atoms with Crippen molar-refractivity contribution in [2.24, 2.45) is 18.7 Å². The molecule has 3 N–H and O–H groups in total. The van der Waals surface area contributed by atoms with Crippen LogP contribution < -0.4 is 10.5 Å². The van der Waals surface area contributed by atoms with Crippen molar-refractivity contribution in [3.8, 4) is 0 Å². The van der Waals surface area contributed by atoms with Gasteiger partial charge in [0.05, 0.1) is 6.20 Å². The number of aromatic nitrogens is 3. The standard InChI is InChI=1S/C11H21N5O2S.ClH/c1-16-11(8-13-15-16)19(17,18)14-10(7-12)9-5-3-2-4-6-9;/h8-10,14H,2-7,12H2,1H3;1H. The summed E-state index contributed by atoms with van der Waals surface area (Å²) in [4.78, 5) is 0. The van der Waals surface area contributed by atoms with Crippen LogP contribution in [-0.2, 0) is 17.1 Å². The van der Waals surface area contributed by atoms with Crippen molar-refractivity contribution < 1.29 is 8.42 Å². The summed E-state index contributed by atoms with van der Waals surface area (Å²) in [6.07, 6.45) is 6.84. The average molecular weight is 324 g/mol. The molecule has 1 aromatic rings. The number of halogens is 1. The topological polar surface area (TPSA) is 103 Å². The number of aryl methyl sites for hydroxylation is 1. The molecular formula is C11H22ClN5O2S. The lowest BCUT2D eigenvalue weighted by molar-refractivity contribution is 0.293. The van der Waals surface area contributed by atoms with E-state index in [0.29, 0.717) is 12.5 Å². The van der Waals surface area contributed by atoms with Gasteiger partial charge in [-0.05, 0) is 18.8 Å². The van der Waals surface area contributed by atoms with Crippen molar-refractivity contribution in [3.05, 3.63) is 6.20 Å². The molecule has 0 radical (unpaired) electrons. The Labute approximate surface area is 125 Å². The van der Waals surface area contributed by atoms with E-state index in [1.54, 1.807) is 7.05 Å². The van der Waals surface area contributed by atoms with Crippen molar-refractivity contribution in [2.45, 2.75) is 43.2 Å². The highest BCUT2D eigenvalue weighted by atomic mass is 35.5. The van der Waals surface area contributed by atoms with E-state index in [-0.39, 0.29) is 23.5 Å². The fourth-order valence-electron chi connectivity index (χ4n) is 2.66. The molecule has 0 bridgehead atoms. The second-order valence-electron chi connectivity index (χ2n) is 5.06. The number of hydrogen-bond donors (Lipinski definition) is 2. The second kappa shape index (κ2) is 7.35. The molecule has 2 rings (SSSR count). The Bertz CT molecular complexity index is 513. The summed E-state index contributed by atoms with van der Waals surface area (Å²) in [6, 6.07) is -0.208. The summed E-state index contributed by atoms with van der Waals surface area (Å²) >= 11 is 0. The quantitative estimate of drug-likeness (QED) is 0.817. The zero-order chi connectivity index (χ0) is 13.9. The molecule has 1 atom stereocenters. The van der Waals surface area contributed by atoms with Crippen LogP contribution in [0, 0.1) is 5.92 Å². The maximum Gasteiger partial charge on any atom is 0.259 e. The van der Waals surface area contributed by atoms with E-state index in [4.69, 9.17) is 5.73 Å². The number of nitrogens with zero attached hydrogens (tertiary/aromatic N) is 3. The summed E-state index contributed by atoms with van der Waals surface area (Å²) < 4.78 is 28.5. The van der Waals surface area contributed by atoms with Crippen LogP contribution in [0.25, 0.3) is 0 Å². The predicted octanol–water partition coefficient (Wildman–Crippen LogP) is 0.423. The molecule has 1 aromatic heterocycles. The third-order valence-electron chi connectivity index (χ3n) is 3.73. The summed E-state index contributed by atoms with van der Waals surface area (Å²) in [5.41, 5.74) is 5.74. The van der Waals surface area contributed by atoms with Gasteiger partial charge in [-0.25, -0.2) is 17.8 Å². The van der Waals surface area contributed by atoms with Crippen LogP contribution in [0.5, 0.6) is 0 Å². The van der Waals surface area contributed by atoms with Crippen LogP contribution in [0.3, 0.4) is 0 Å². The smallest absolute Gasteiger partial charge is 0.259 e. The zero-order valence-electron chi connectivity index (χ0n) is 11.5. The normalized spacial score (nSPS) is 18.5. The molecule has 1 saturated carbocycles. The van der Waals surface area contributed by atoms with Crippen LogP contribution in [-0.4, -0.2) is 36.0 Å². The minimum absolute atomic E-state index is 0. The molecule has 0 saturated heterocycles. The SMILES string of the molecule is Cl.Cn1nncc1S(=O)(=O)NC(CN)C1CCCCC1.